The van der Waals surface area contributed by atoms with Crippen LogP contribution in [0.5, 0.6) is 0 Å². The summed E-state index contributed by atoms with van der Waals surface area (Å²) in [5.74, 6) is -2.21. The van der Waals surface area contributed by atoms with E-state index in [1.807, 2.05) is 19.9 Å². The molecule has 0 aliphatic carbocycles. The van der Waals surface area contributed by atoms with Crippen LogP contribution in [-0.2, 0) is 9.53 Å². The van der Waals surface area contributed by atoms with Gasteiger partial charge in [0.15, 0.2) is 0 Å². The van der Waals surface area contributed by atoms with E-state index in [-0.39, 0.29) is 18.0 Å². The minimum Gasteiger partial charge on any atom is -0.478 e. The topological polar surface area (TPSA) is 106 Å². The molecule has 26 heavy (non-hydrogen) atoms. The third-order valence-corrected chi connectivity index (χ3v) is 4.23. The maximum absolute atomic E-state index is 12.3. The van der Waals surface area contributed by atoms with Crippen LogP contribution in [0.4, 0.5) is 5.82 Å². The van der Waals surface area contributed by atoms with Crippen molar-refractivity contribution in [3.05, 3.63) is 64.4 Å². The molecule has 0 fully saturated rings. The minimum atomic E-state index is -1.19. The summed E-state index contributed by atoms with van der Waals surface area (Å²) in [6, 6.07) is 6.47. The first-order chi connectivity index (χ1) is 12.4. The van der Waals surface area contributed by atoms with E-state index >= 15 is 0 Å². The number of pyridine rings is 1. The fourth-order valence-electron chi connectivity index (χ4n) is 2.75. The quantitative estimate of drug-likeness (QED) is 0.650. The second-order valence-electron chi connectivity index (χ2n) is 5.87. The standard InChI is InChI=1S/C19H16N2O5/c1-10-5-6-13-12(9-26-19(25)16(13)11(10)2)8-15(22)21-17-14(18(23)24)4-3-7-20-17/h3-8H,9H2,1-2H3,(H,23,24)(H,20,21,22)/b12-8+. The molecule has 7 heteroatoms. The number of amides is 1. The molecule has 2 aromatic rings. The SMILES string of the molecule is Cc1ccc2c(c1C)C(=O)OC/C2=C\C(=O)Nc1ncccc1C(=O)O. The number of cyclic esters (lactones) is 1. The van der Waals surface area contributed by atoms with Crippen LogP contribution in [0.15, 0.2) is 36.5 Å². The molecule has 1 amide bonds. The number of carbonyl (C=O) groups excluding carboxylic acids is 2. The van der Waals surface area contributed by atoms with Crippen molar-refractivity contribution in [2.45, 2.75) is 13.8 Å². The van der Waals surface area contributed by atoms with E-state index in [1.54, 1.807) is 6.07 Å². The van der Waals surface area contributed by atoms with Crippen LogP contribution in [-0.4, -0.2) is 34.5 Å². The van der Waals surface area contributed by atoms with Gasteiger partial charge in [0.2, 0.25) is 5.91 Å². The molecule has 1 aliphatic rings. The van der Waals surface area contributed by atoms with Crippen molar-refractivity contribution in [2.24, 2.45) is 0 Å². The number of fused-ring (bicyclic) bond motifs is 1. The highest BCUT2D eigenvalue weighted by molar-refractivity contribution is 6.09. The van der Waals surface area contributed by atoms with Gasteiger partial charge in [-0.3, -0.25) is 4.79 Å². The largest absolute Gasteiger partial charge is 0.478 e. The molecular weight excluding hydrogens is 336 g/mol. The highest BCUT2D eigenvalue weighted by Crippen LogP contribution is 2.30. The number of anilines is 1. The molecule has 1 aliphatic heterocycles. The van der Waals surface area contributed by atoms with Gasteiger partial charge in [-0.1, -0.05) is 12.1 Å². The molecule has 1 aromatic carbocycles. The number of benzene rings is 1. The Morgan fingerprint density at radius 1 is 1.27 bits per heavy atom. The van der Waals surface area contributed by atoms with Gasteiger partial charge in [-0.2, -0.15) is 0 Å². The first-order valence-electron chi connectivity index (χ1n) is 7.86. The summed E-state index contributed by atoms with van der Waals surface area (Å²) in [6.07, 6.45) is 2.68. The van der Waals surface area contributed by atoms with E-state index in [0.717, 1.165) is 11.1 Å². The van der Waals surface area contributed by atoms with Gasteiger partial charge in [0.25, 0.3) is 0 Å². The first-order valence-corrected chi connectivity index (χ1v) is 7.86. The van der Waals surface area contributed by atoms with Gasteiger partial charge in [-0.25, -0.2) is 14.6 Å². The summed E-state index contributed by atoms with van der Waals surface area (Å²) in [7, 11) is 0. The monoisotopic (exact) mass is 352 g/mol. The molecule has 0 radical (unpaired) electrons. The molecule has 2 heterocycles. The molecule has 3 rings (SSSR count). The number of ether oxygens (including phenoxy) is 1. The Balaban J connectivity index is 1.94. The molecular formula is C19H16N2O5. The zero-order chi connectivity index (χ0) is 18.8. The number of nitrogens with one attached hydrogen (secondary N) is 1. The summed E-state index contributed by atoms with van der Waals surface area (Å²) < 4.78 is 5.17. The molecule has 0 atom stereocenters. The molecule has 0 saturated carbocycles. The Hall–Kier alpha value is -3.48. The third-order valence-electron chi connectivity index (χ3n) is 4.23. The fourth-order valence-corrected chi connectivity index (χ4v) is 2.75. The first kappa shape index (κ1) is 17.3. The van der Waals surface area contributed by atoms with Gasteiger partial charge in [0.05, 0.1) is 5.56 Å². The maximum atomic E-state index is 12.3. The number of aryl methyl sites for hydroxylation is 1. The Labute approximate surface area is 149 Å². The number of carboxylic acids is 1. The summed E-state index contributed by atoms with van der Waals surface area (Å²) in [6.45, 7) is 3.68. The Kier molecular flexibility index (Phi) is 4.53. The lowest BCUT2D eigenvalue weighted by molar-refractivity contribution is -0.111. The lowest BCUT2D eigenvalue weighted by atomic mass is 9.91. The van der Waals surface area contributed by atoms with Crippen molar-refractivity contribution in [2.75, 3.05) is 11.9 Å². The highest BCUT2D eigenvalue weighted by atomic mass is 16.5. The summed E-state index contributed by atoms with van der Waals surface area (Å²) in [5, 5.41) is 11.6. The molecule has 7 nitrogen and oxygen atoms in total. The Bertz CT molecular complexity index is 962. The van der Waals surface area contributed by atoms with E-state index in [4.69, 9.17) is 9.84 Å². The average molecular weight is 352 g/mol. The number of hydrogen-bond donors (Lipinski definition) is 2. The molecule has 0 bridgehead atoms. The van der Waals surface area contributed by atoms with Crippen LogP contribution in [0.3, 0.4) is 0 Å². The van der Waals surface area contributed by atoms with E-state index in [2.05, 4.69) is 10.3 Å². The number of hydrogen-bond acceptors (Lipinski definition) is 5. The molecule has 1 aromatic heterocycles. The zero-order valence-electron chi connectivity index (χ0n) is 14.2. The number of carbonyl (C=O) groups is 3. The van der Waals surface area contributed by atoms with Crippen molar-refractivity contribution in [1.82, 2.24) is 4.98 Å². The number of esters is 1. The Morgan fingerprint density at radius 2 is 2.04 bits per heavy atom. The smallest absolute Gasteiger partial charge is 0.339 e. The molecule has 0 spiro atoms. The van der Waals surface area contributed by atoms with E-state index in [0.29, 0.717) is 16.7 Å². The lowest BCUT2D eigenvalue weighted by Crippen LogP contribution is -2.21. The lowest BCUT2D eigenvalue weighted by Gasteiger charge is -2.21. The van der Waals surface area contributed by atoms with E-state index in [9.17, 15) is 14.4 Å². The van der Waals surface area contributed by atoms with Gasteiger partial charge in [-0.05, 0) is 42.7 Å². The molecule has 2 N–H and O–H groups in total. The van der Waals surface area contributed by atoms with Gasteiger partial charge in [-0.15, -0.1) is 0 Å². The predicted molar refractivity (Wildman–Crippen MR) is 94.0 cm³/mol. The van der Waals surface area contributed by atoms with Crippen LogP contribution in [0, 0.1) is 13.8 Å². The van der Waals surface area contributed by atoms with Crippen molar-refractivity contribution < 1.29 is 24.2 Å². The van der Waals surface area contributed by atoms with Crippen LogP contribution >= 0.6 is 0 Å². The molecule has 132 valence electrons. The van der Waals surface area contributed by atoms with Crippen molar-refractivity contribution in [3.63, 3.8) is 0 Å². The van der Waals surface area contributed by atoms with E-state index < -0.39 is 17.8 Å². The summed E-state index contributed by atoms with van der Waals surface area (Å²) >= 11 is 0. The Morgan fingerprint density at radius 3 is 2.77 bits per heavy atom. The maximum Gasteiger partial charge on any atom is 0.339 e. The van der Waals surface area contributed by atoms with Gasteiger partial charge in [0, 0.05) is 17.8 Å². The average Bonchev–Trinajstić information content (AvgIpc) is 2.60. The summed E-state index contributed by atoms with van der Waals surface area (Å²) in [5.41, 5.74) is 3.26. The van der Waals surface area contributed by atoms with Crippen LogP contribution in [0.2, 0.25) is 0 Å². The second-order valence-corrected chi connectivity index (χ2v) is 5.87. The predicted octanol–water partition coefficient (Wildman–Crippen LogP) is 2.59. The van der Waals surface area contributed by atoms with Crippen molar-refractivity contribution in [3.8, 4) is 0 Å². The van der Waals surface area contributed by atoms with E-state index in [1.165, 1.54) is 24.4 Å². The van der Waals surface area contributed by atoms with Crippen molar-refractivity contribution >= 4 is 29.2 Å². The number of aromatic carboxylic acids is 1. The second kappa shape index (κ2) is 6.79. The van der Waals surface area contributed by atoms with Gasteiger partial charge < -0.3 is 15.2 Å². The van der Waals surface area contributed by atoms with Crippen LogP contribution in [0.1, 0.15) is 37.4 Å². The van der Waals surface area contributed by atoms with Gasteiger partial charge in [0.1, 0.15) is 18.0 Å². The third kappa shape index (κ3) is 3.19. The molecule has 0 saturated heterocycles. The summed E-state index contributed by atoms with van der Waals surface area (Å²) in [4.78, 5) is 39.5. The van der Waals surface area contributed by atoms with Crippen LogP contribution < -0.4 is 5.32 Å². The fraction of sp³-hybridized carbons (Fsp3) is 0.158. The number of carboxylic acid groups (broad SMARTS) is 1. The number of rotatable bonds is 3. The number of nitrogens with zero attached hydrogens (tertiary/aromatic N) is 1. The highest BCUT2D eigenvalue weighted by Gasteiger charge is 2.25. The number of aromatic nitrogens is 1. The van der Waals surface area contributed by atoms with Crippen LogP contribution in [0.25, 0.3) is 5.57 Å². The van der Waals surface area contributed by atoms with Gasteiger partial charge >= 0.3 is 11.9 Å². The minimum absolute atomic E-state index is 0.0320. The zero-order valence-corrected chi connectivity index (χ0v) is 14.2. The van der Waals surface area contributed by atoms with Crippen molar-refractivity contribution in [1.29, 1.82) is 0 Å². The normalized spacial score (nSPS) is 14.5. The molecule has 0 unspecified atom stereocenters.